The first-order chi connectivity index (χ1) is 16.0. The van der Waals surface area contributed by atoms with Crippen molar-refractivity contribution in [2.24, 2.45) is 0 Å². The van der Waals surface area contributed by atoms with Crippen LogP contribution < -0.4 is 20.3 Å². The lowest BCUT2D eigenvalue weighted by Crippen LogP contribution is -2.44. The van der Waals surface area contributed by atoms with Crippen molar-refractivity contribution >= 4 is 40.5 Å². The van der Waals surface area contributed by atoms with E-state index in [1.54, 1.807) is 19.1 Å². The molecule has 1 fully saturated rings. The van der Waals surface area contributed by atoms with Crippen LogP contribution in [-0.4, -0.2) is 54.0 Å². The molecule has 2 heterocycles. The number of benzene rings is 2. The monoisotopic (exact) mass is 466 g/mol. The maximum absolute atomic E-state index is 11.8. The summed E-state index contributed by atoms with van der Waals surface area (Å²) in [6.07, 6.45) is 1.85. The van der Waals surface area contributed by atoms with Gasteiger partial charge in [0.25, 0.3) is 0 Å². The van der Waals surface area contributed by atoms with Gasteiger partial charge in [0, 0.05) is 44.0 Å². The highest BCUT2D eigenvalue weighted by atomic mass is 35.5. The van der Waals surface area contributed by atoms with Crippen molar-refractivity contribution in [2.45, 2.75) is 13.3 Å². The predicted molar refractivity (Wildman–Crippen MR) is 132 cm³/mol. The van der Waals surface area contributed by atoms with Crippen LogP contribution in [0, 0.1) is 0 Å². The molecule has 1 amide bonds. The summed E-state index contributed by atoms with van der Waals surface area (Å²) in [5.74, 6) is 0.892. The molecule has 0 atom stereocenters. The van der Waals surface area contributed by atoms with E-state index >= 15 is 0 Å². The van der Waals surface area contributed by atoms with Crippen LogP contribution in [0.4, 0.5) is 23.0 Å². The highest BCUT2D eigenvalue weighted by Gasteiger charge is 2.15. The number of hydrogen-bond donors (Lipinski definition) is 2. The Morgan fingerprint density at radius 3 is 2.55 bits per heavy atom. The maximum Gasteiger partial charge on any atom is 0.243 e. The highest BCUT2D eigenvalue weighted by molar-refractivity contribution is 6.31. The van der Waals surface area contributed by atoms with E-state index < -0.39 is 0 Å². The molecule has 1 aromatic heterocycles. The molecule has 0 bridgehead atoms. The molecule has 0 aliphatic carbocycles. The number of nitrogens with zero attached hydrogens (tertiary/aromatic N) is 4. The van der Waals surface area contributed by atoms with Gasteiger partial charge in [-0.25, -0.2) is 4.98 Å². The second-order valence-corrected chi connectivity index (χ2v) is 8.22. The molecule has 172 valence electrons. The van der Waals surface area contributed by atoms with E-state index in [9.17, 15) is 4.79 Å². The molecule has 1 saturated heterocycles. The molecule has 0 saturated carbocycles. The Kier molecular flexibility index (Phi) is 7.26. The molecule has 8 nitrogen and oxygen atoms in total. The van der Waals surface area contributed by atoms with E-state index in [1.807, 2.05) is 24.3 Å². The lowest BCUT2D eigenvalue weighted by molar-refractivity contribution is -0.115. The Morgan fingerprint density at radius 2 is 1.82 bits per heavy atom. The van der Waals surface area contributed by atoms with E-state index in [1.165, 1.54) is 11.9 Å². The van der Waals surface area contributed by atoms with Gasteiger partial charge in [-0.05, 0) is 43.4 Å². The molecule has 0 unspecified atom stereocenters. The van der Waals surface area contributed by atoms with Crippen LogP contribution in [0.5, 0.6) is 11.6 Å². The summed E-state index contributed by atoms with van der Waals surface area (Å²) in [5.41, 5.74) is 2.60. The van der Waals surface area contributed by atoms with E-state index in [2.05, 4.69) is 49.6 Å². The standard InChI is InChI=1S/C24H27ClN6O2/c1-3-22(32)28-20-6-4-5-7-21(20)33-23-19(25)16-26-24(29-23)27-17-8-10-18(11-9-17)31-14-12-30(2)13-15-31/h4-11,16H,3,12-15H2,1-2H3,(H,28,32)(H,26,27,29). The SMILES string of the molecule is CCC(=O)Nc1ccccc1Oc1nc(Nc2ccc(N3CCN(C)CC3)cc2)ncc1Cl. The van der Waals surface area contributed by atoms with E-state index in [0.29, 0.717) is 23.8 Å². The Morgan fingerprint density at radius 1 is 1.09 bits per heavy atom. The zero-order valence-electron chi connectivity index (χ0n) is 18.7. The first kappa shape index (κ1) is 22.8. The topological polar surface area (TPSA) is 82.6 Å². The fourth-order valence-electron chi connectivity index (χ4n) is 3.43. The lowest BCUT2D eigenvalue weighted by Gasteiger charge is -2.34. The van der Waals surface area contributed by atoms with Gasteiger partial charge in [0.2, 0.25) is 17.7 Å². The summed E-state index contributed by atoms with van der Waals surface area (Å²) in [6.45, 7) is 5.95. The lowest BCUT2D eigenvalue weighted by atomic mass is 10.2. The maximum atomic E-state index is 11.8. The first-order valence-corrected chi connectivity index (χ1v) is 11.3. The number of carbonyl (C=O) groups excluding carboxylic acids is 1. The summed E-state index contributed by atoms with van der Waals surface area (Å²) in [4.78, 5) is 25.2. The van der Waals surface area contributed by atoms with Crippen molar-refractivity contribution in [3.8, 4) is 11.6 Å². The first-order valence-electron chi connectivity index (χ1n) is 10.9. The van der Waals surface area contributed by atoms with Crippen LogP contribution >= 0.6 is 11.6 Å². The van der Waals surface area contributed by atoms with Crippen molar-refractivity contribution in [2.75, 3.05) is 48.8 Å². The molecule has 0 spiro atoms. The van der Waals surface area contributed by atoms with Crippen LogP contribution in [0.2, 0.25) is 5.02 Å². The molecular formula is C24H27ClN6O2. The largest absolute Gasteiger partial charge is 0.435 e. The summed E-state index contributed by atoms with van der Waals surface area (Å²) in [5, 5.41) is 6.28. The normalized spacial score (nSPS) is 14.1. The molecule has 2 aromatic carbocycles. The third-order valence-electron chi connectivity index (χ3n) is 5.39. The van der Waals surface area contributed by atoms with Crippen LogP contribution in [0.25, 0.3) is 0 Å². The highest BCUT2D eigenvalue weighted by Crippen LogP contribution is 2.33. The minimum atomic E-state index is -0.109. The van der Waals surface area contributed by atoms with E-state index in [0.717, 1.165) is 31.9 Å². The number of hydrogen-bond acceptors (Lipinski definition) is 7. The number of anilines is 4. The Hall–Kier alpha value is -3.36. The smallest absolute Gasteiger partial charge is 0.243 e. The number of ether oxygens (including phenoxy) is 1. The van der Waals surface area contributed by atoms with Gasteiger partial charge in [0.15, 0.2) is 5.75 Å². The molecule has 2 N–H and O–H groups in total. The minimum Gasteiger partial charge on any atom is -0.435 e. The third kappa shape index (κ3) is 5.91. The molecule has 33 heavy (non-hydrogen) atoms. The van der Waals surface area contributed by atoms with E-state index in [4.69, 9.17) is 16.3 Å². The van der Waals surface area contributed by atoms with Crippen LogP contribution in [0.15, 0.2) is 54.7 Å². The number of rotatable bonds is 7. The van der Waals surface area contributed by atoms with Gasteiger partial charge >= 0.3 is 0 Å². The number of carbonyl (C=O) groups is 1. The molecule has 0 radical (unpaired) electrons. The summed E-state index contributed by atoms with van der Waals surface area (Å²) in [6, 6.07) is 15.3. The van der Waals surface area contributed by atoms with Crippen molar-refractivity contribution in [3.63, 3.8) is 0 Å². The van der Waals surface area contributed by atoms with Gasteiger partial charge in [0.1, 0.15) is 5.02 Å². The van der Waals surface area contributed by atoms with Gasteiger partial charge in [-0.3, -0.25) is 4.79 Å². The fraction of sp³-hybridized carbons (Fsp3) is 0.292. The summed E-state index contributed by atoms with van der Waals surface area (Å²) in [7, 11) is 2.15. The molecular weight excluding hydrogens is 440 g/mol. The number of halogens is 1. The molecule has 3 aromatic rings. The third-order valence-corrected chi connectivity index (χ3v) is 5.65. The van der Waals surface area contributed by atoms with Gasteiger partial charge in [-0.2, -0.15) is 4.98 Å². The average molecular weight is 467 g/mol. The number of para-hydroxylation sites is 2. The average Bonchev–Trinajstić information content (AvgIpc) is 2.83. The molecule has 1 aliphatic heterocycles. The van der Waals surface area contributed by atoms with Crippen molar-refractivity contribution in [1.29, 1.82) is 0 Å². The zero-order valence-corrected chi connectivity index (χ0v) is 19.5. The zero-order chi connectivity index (χ0) is 23.2. The Balaban J connectivity index is 1.46. The van der Waals surface area contributed by atoms with E-state index in [-0.39, 0.29) is 16.8 Å². The number of aromatic nitrogens is 2. The number of amides is 1. The van der Waals surface area contributed by atoms with Crippen molar-refractivity contribution in [3.05, 3.63) is 59.8 Å². The van der Waals surface area contributed by atoms with Crippen molar-refractivity contribution < 1.29 is 9.53 Å². The second kappa shape index (κ2) is 10.5. The summed E-state index contributed by atoms with van der Waals surface area (Å²) < 4.78 is 5.92. The van der Waals surface area contributed by atoms with Crippen LogP contribution in [-0.2, 0) is 4.79 Å². The van der Waals surface area contributed by atoms with Gasteiger partial charge in [-0.1, -0.05) is 30.7 Å². The molecule has 9 heteroatoms. The van der Waals surface area contributed by atoms with Gasteiger partial charge in [0.05, 0.1) is 11.9 Å². The van der Waals surface area contributed by atoms with Crippen LogP contribution in [0.3, 0.4) is 0 Å². The second-order valence-electron chi connectivity index (χ2n) is 7.81. The molecule has 4 rings (SSSR count). The minimum absolute atomic E-state index is 0.109. The predicted octanol–water partition coefficient (Wildman–Crippen LogP) is 4.77. The Labute approximate surface area is 198 Å². The summed E-state index contributed by atoms with van der Waals surface area (Å²) >= 11 is 6.28. The van der Waals surface area contributed by atoms with Gasteiger partial charge in [-0.15, -0.1) is 0 Å². The van der Waals surface area contributed by atoms with Crippen molar-refractivity contribution in [1.82, 2.24) is 14.9 Å². The Bertz CT molecular complexity index is 1100. The number of likely N-dealkylation sites (N-methyl/N-ethyl adjacent to an activating group) is 1. The van der Waals surface area contributed by atoms with Crippen LogP contribution in [0.1, 0.15) is 13.3 Å². The fourth-order valence-corrected chi connectivity index (χ4v) is 3.56. The number of piperazine rings is 1. The number of nitrogens with one attached hydrogen (secondary N) is 2. The quantitative estimate of drug-likeness (QED) is 0.519. The van der Waals surface area contributed by atoms with Gasteiger partial charge < -0.3 is 25.2 Å². The molecule has 1 aliphatic rings.